The van der Waals surface area contributed by atoms with Crippen molar-refractivity contribution >= 4 is 0 Å². The summed E-state index contributed by atoms with van der Waals surface area (Å²) in [5, 5.41) is 0. The highest BCUT2D eigenvalue weighted by Gasteiger charge is 2.42. The van der Waals surface area contributed by atoms with Crippen LogP contribution in [-0.2, 0) is 9.47 Å². The van der Waals surface area contributed by atoms with E-state index in [4.69, 9.17) is 15.2 Å². The highest BCUT2D eigenvalue weighted by Crippen LogP contribution is 2.36. The number of nitrogens with two attached hydrogens (primary N) is 1. The van der Waals surface area contributed by atoms with Gasteiger partial charge in [0, 0.05) is 38.7 Å². The molecular formula is C15H29NO2. The molecule has 0 aromatic rings. The highest BCUT2D eigenvalue weighted by molar-refractivity contribution is 4.97. The molecule has 1 unspecified atom stereocenters. The molecule has 1 heterocycles. The Labute approximate surface area is 111 Å². The van der Waals surface area contributed by atoms with Gasteiger partial charge in [0.05, 0.1) is 5.60 Å². The Morgan fingerprint density at radius 1 is 1.17 bits per heavy atom. The standard InChI is InChI=1S/C15H29NO2/c1-2-18-15(9-11-17-12-10-15)14(16)13-7-5-3-4-6-8-13/h13-14H,2-12,16H2,1H3. The average Bonchev–Trinajstić information content (AvgIpc) is 2.68. The minimum absolute atomic E-state index is 0.109. The van der Waals surface area contributed by atoms with Crippen molar-refractivity contribution in [3.63, 3.8) is 0 Å². The van der Waals surface area contributed by atoms with Crippen molar-refractivity contribution in [3.05, 3.63) is 0 Å². The van der Waals surface area contributed by atoms with Crippen molar-refractivity contribution in [3.8, 4) is 0 Å². The molecule has 3 heteroatoms. The van der Waals surface area contributed by atoms with Crippen molar-refractivity contribution in [1.82, 2.24) is 0 Å². The van der Waals surface area contributed by atoms with Crippen LogP contribution in [0.2, 0.25) is 0 Å². The smallest absolute Gasteiger partial charge is 0.0878 e. The lowest BCUT2D eigenvalue weighted by Crippen LogP contribution is -2.56. The van der Waals surface area contributed by atoms with Crippen LogP contribution < -0.4 is 5.73 Å². The molecule has 1 aliphatic carbocycles. The van der Waals surface area contributed by atoms with Crippen LogP contribution in [-0.4, -0.2) is 31.5 Å². The molecule has 2 fully saturated rings. The summed E-state index contributed by atoms with van der Waals surface area (Å²) in [5.74, 6) is 0.650. The van der Waals surface area contributed by atoms with Crippen LogP contribution in [0.5, 0.6) is 0 Å². The molecule has 2 aliphatic rings. The van der Waals surface area contributed by atoms with E-state index in [0.717, 1.165) is 32.7 Å². The first kappa shape index (κ1) is 14.3. The Kier molecular flexibility index (Phi) is 5.46. The molecule has 0 aromatic heterocycles. The summed E-state index contributed by atoms with van der Waals surface area (Å²) in [6.07, 6.45) is 9.97. The first-order valence-electron chi connectivity index (χ1n) is 7.76. The van der Waals surface area contributed by atoms with E-state index >= 15 is 0 Å². The molecule has 3 nitrogen and oxygen atoms in total. The maximum Gasteiger partial charge on any atom is 0.0878 e. The van der Waals surface area contributed by atoms with Crippen molar-refractivity contribution < 1.29 is 9.47 Å². The SMILES string of the molecule is CCOC1(C(N)C2CCCCCC2)CCOCC1. The largest absolute Gasteiger partial charge is 0.381 e. The molecule has 2 N–H and O–H groups in total. The van der Waals surface area contributed by atoms with Crippen LogP contribution in [0, 0.1) is 5.92 Å². The topological polar surface area (TPSA) is 44.5 Å². The van der Waals surface area contributed by atoms with Gasteiger partial charge in [0.1, 0.15) is 0 Å². The van der Waals surface area contributed by atoms with E-state index in [2.05, 4.69) is 6.92 Å². The maximum atomic E-state index is 6.63. The van der Waals surface area contributed by atoms with Gasteiger partial charge >= 0.3 is 0 Å². The van der Waals surface area contributed by atoms with Crippen LogP contribution in [0.15, 0.2) is 0 Å². The zero-order chi connectivity index (χ0) is 12.8. The van der Waals surface area contributed by atoms with Gasteiger partial charge in [-0.1, -0.05) is 25.7 Å². The second kappa shape index (κ2) is 6.88. The molecule has 106 valence electrons. The number of hydrogen-bond donors (Lipinski definition) is 1. The maximum absolute atomic E-state index is 6.63. The third kappa shape index (κ3) is 3.25. The van der Waals surface area contributed by atoms with E-state index in [1.807, 2.05) is 0 Å². The Balaban J connectivity index is 2.03. The first-order chi connectivity index (χ1) is 8.78. The Morgan fingerprint density at radius 2 is 1.78 bits per heavy atom. The van der Waals surface area contributed by atoms with Gasteiger partial charge < -0.3 is 15.2 Å². The summed E-state index contributed by atoms with van der Waals surface area (Å²) in [5.41, 5.74) is 6.52. The third-order valence-electron chi connectivity index (χ3n) is 4.79. The van der Waals surface area contributed by atoms with E-state index < -0.39 is 0 Å². The molecule has 2 rings (SSSR count). The summed E-state index contributed by atoms with van der Waals surface area (Å²) in [7, 11) is 0. The van der Waals surface area contributed by atoms with Gasteiger partial charge in [0.2, 0.25) is 0 Å². The van der Waals surface area contributed by atoms with Crippen LogP contribution in [0.1, 0.15) is 58.3 Å². The van der Waals surface area contributed by atoms with Gasteiger partial charge in [-0.25, -0.2) is 0 Å². The van der Waals surface area contributed by atoms with Crippen molar-refractivity contribution in [1.29, 1.82) is 0 Å². The molecule has 0 amide bonds. The lowest BCUT2D eigenvalue weighted by molar-refractivity contribution is -0.130. The highest BCUT2D eigenvalue weighted by atomic mass is 16.5. The first-order valence-corrected chi connectivity index (χ1v) is 7.76. The Hall–Kier alpha value is -0.120. The van der Waals surface area contributed by atoms with E-state index in [1.54, 1.807) is 0 Å². The normalized spacial score (nSPS) is 27.7. The minimum Gasteiger partial charge on any atom is -0.381 e. The minimum atomic E-state index is -0.109. The number of ether oxygens (including phenoxy) is 2. The lowest BCUT2D eigenvalue weighted by Gasteiger charge is -2.44. The summed E-state index contributed by atoms with van der Waals surface area (Å²) in [6, 6.07) is 0.194. The molecule has 1 atom stereocenters. The summed E-state index contributed by atoms with van der Waals surface area (Å²) in [6.45, 7) is 4.46. The molecule has 1 saturated carbocycles. The summed E-state index contributed by atoms with van der Waals surface area (Å²) < 4.78 is 11.6. The quantitative estimate of drug-likeness (QED) is 0.786. The zero-order valence-corrected chi connectivity index (χ0v) is 11.8. The van der Waals surface area contributed by atoms with E-state index in [-0.39, 0.29) is 11.6 Å². The van der Waals surface area contributed by atoms with Crippen LogP contribution in [0.25, 0.3) is 0 Å². The number of rotatable bonds is 4. The fourth-order valence-corrected chi connectivity index (χ4v) is 3.68. The molecule has 1 saturated heterocycles. The molecule has 1 aliphatic heterocycles. The van der Waals surface area contributed by atoms with E-state index in [0.29, 0.717) is 5.92 Å². The fraction of sp³-hybridized carbons (Fsp3) is 1.00. The molecule has 0 radical (unpaired) electrons. The van der Waals surface area contributed by atoms with Crippen LogP contribution in [0.4, 0.5) is 0 Å². The Morgan fingerprint density at radius 3 is 2.33 bits per heavy atom. The Bertz CT molecular complexity index is 225. The van der Waals surface area contributed by atoms with Gasteiger partial charge in [-0.15, -0.1) is 0 Å². The molecule has 0 spiro atoms. The summed E-state index contributed by atoms with van der Waals surface area (Å²) in [4.78, 5) is 0. The van der Waals surface area contributed by atoms with Gasteiger partial charge in [-0.05, 0) is 25.7 Å². The van der Waals surface area contributed by atoms with E-state index in [1.165, 1.54) is 38.5 Å². The van der Waals surface area contributed by atoms with Crippen molar-refractivity contribution in [2.45, 2.75) is 69.9 Å². The predicted molar refractivity (Wildman–Crippen MR) is 73.6 cm³/mol. The molecule has 0 bridgehead atoms. The van der Waals surface area contributed by atoms with Crippen LogP contribution in [0.3, 0.4) is 0 Å². The molecular weight excluding hydrogens is 226 g/mol. The number of hydrogen-bond acceptors (Lipinski definition) is 3. The van der Waals surface area contributed by atoms with Crippen molar-refractivity contribution in [2.75, 3.05) is 19.8 Å². The zero-order valence-electron chi connectivity index (χ0n) is 11.8. The van der Waals surface area contributed by atoms with Crippen LogP contribution >= 0.6 is 0 Å². The molecule has 18 heavy (non-hydrogen) atoms. The van der Waals surface area contributed by atoms with Gasteiger partial charge in [0.15, 0.2) is 0 Å². The lowest BCUT2D eigenvalue weighted by atomic mass is 9.77. The van der Waals surface area contributed by atoms with E-state index in [9.17, 15) is 0 Å². The van der Waals surface area contributed by atoms with Gasteiger partial charge in [-0.3, -0.25) is 0 Å². The predicted octanol–water partition coefficient (Wildman–Crippen LogP) is 2.87. The van der Waals surface area contributed by atoms with Gasteiger partial charge in [-0.2, -0.15) is 0 Å². The van der Waals surface area contributed by atoms with Crippen molar-refractivity contribution in [2.24, 2.45) is 11.7 Å². The average molecular weight is 255 g/mol. The molecule has 0 aromatic carbocycles. The fourth-order valence-electron chi connectivity index (χ4n) is 3.68. The second-order valence-electron chi connectivity index (χ2n) is 5.89. The third-order valence-corrected chi connectivity index (χ3v) is 4.79. The monoisotopic (exact) mass is 255 g/mol. The second-order valence-corrected chi connectivity index (χ2v) is 5.89. The summed E-state index contributed by atoms with van der Waals surface area (Å²) >= 11 is 0. The van der Waals surface area contributed by atoms with Gasteiger partial charge in [0.25, 0.3) is 0 Å².